The van der Waals surface area contributed by atoms with Crippen molar-refractivity contribution in [2.75, 3.05) is 18.5 Å². The molecular formula is C22H18FN3O4S. The molecule has 0 atom stereocenters. The van der Waals surface area contributed by atoms with Crippen molar-refractivity contribution in [3.05, 3.63) is 78.1 Å². The number of hydrogen-bond acceptors (Lipinski definition) is 5. The second-order valence-electron chi connectivity index (χ2n) is 6.40. The fourth-order valence-electron chi connectivity index (χ4n) is 2.75. The van der Waals surface area contributed by atoms with Gasteiger partial charge in [0.25, 0.3) is 17.7 Å². The molecule has 1 saturated heterocycles. The standard InChI is InChI=1S/C22H18FN3O4S/c1-2-11-26-21(29)17(20(28)25-22(26)31)12-14-5-3-4-6-18(14)30-13-19(27)24-16-9-7-15(23)8-10-16/h2-10,12H,1,11,13H2,(H,24,27)(H,25,28,31)/b17-12+. The Labute approximate surface area is 183 Å². The van der Waals surface area contributed by atoms with E-state index in [4.69, 9.17) is 17.0 Å². The van der Waals surface area contributed by atoms with E-state index in [0.717, 1.165) is 0 Å². The van der Waals surface area contributed by atoms with Crippen LogP contribution in [0.25, 0.3) is 6.08 Å². The van der Waals surface area contributed by atoms with E-state index in [9.17, 15) is 18.8 Å². The van der Waals surface area contributed by atoms with Crippen LogP contribution in [-0.4, -0.2) is 40.9 Å². The first-order valence-corrected chi connectivity index (χ1v) is 9.57. The molecule has 0 bridgehead atoms. The largest absolute Gasteiger partial charge is 0.483 e. The van der Waals surface area contributed by atoms with E-state index in [2.05, 4.69) is 17.2 Å². The molecule has 0 unspecified atom stereocenters. The zero-order valence-corrected chi connectivity index (χ0v) is 17.1. The summed E-state index contributed by atoms with van der Waals surface area (Å²) in [5.74, 6) is -1.75. The van der Waals surface area contributed by atoms with Crippen molar-refractivity contribution in [3.8, 4) is 5.75 Å². The summed E-state index contributed by atoms with van der Waals surface area (Å²) in [6.07, 6.45) is 2.87. The average molecular weight is 439 g/mol. The lowest BCUT2D eigenvalue weighted by Crippen LogP contribution is -2.53. The second kappa shape index (κ2) is 9.77. The molecule has 1 heterocycles. The molecule has 2 N–H and O–H groups in total. The van der Waals surface area contributed by atoms with Gasteiger partial charge in [-0.2, -0.15) is 0 Å². The van der Waals surface area contributed by atoms with Crippen molar-refractivity contribution >= 4 is 46.8 Å². The Morgan fingerprint density at radius 3 is 2.61 bits per heavy atom. The summed E-state index contributed by atoms with van der Waals surface area (Å²) in [6, 6.07) is 12.0. The number of rotatable bonds is 7. The molecule has 0 spiro atoms. The monoisotopic (exact) mass is 439 g/mol. The maximum absolute atomic E-state index is 13.0. The van der Waals surface area contributed by atoms with Gasteiger partial charge in [0.15, 0.2) is 11.7 Å². The average Bonchev–Trinajstić information content (AvgIpc) is 2.75. The van der Waals surface area contributed by atoms with Crippen molar-refractivity contribution in [1.29, 1.82) is 0 Å². The lowest BCUT2D eigenvalue weighted by Gasteiger charge is -2.27. The molecule has 0 aromatic heterocycles. The minimum Gasteiger partial charge on any atom is -0.483 e. The number of benzene rings is 2. The van der Waals surface area contributed by atoms with Crippen molar-refractivity contribution in [1.82, 2.24) is 10.2 Å². The van der Waals surface area contributed by atoms with Gasteiger partial charge in [0.1, 0.15) is 17.1 Å². The molecule has 2 aromatic rings. The van der Waals surface area contributed by atoms with Gasteiger partial charge in [-0.3, -0.25) is 24.6 Å². The minimum atomic E-state index is -0.626. The summed E-state index contributed by atoms with van der Waals surface area (Å²) < 4.78 is 18.5. The fourth-order valence-corrected chi connectivity index (χ4v) is 3.00. The van der Waals surface area contributed by atoms with Gasteiger partial charge in [0, 0.05) is 17.8 Å². The predicted octanol–water partition coefficient (Wildman–Crippen LogP) is 2.66. The zero-order valence-electron chi connectivity index (χ0n) is 16.3. The molecule has 0 radical (unpaired) electrons. The lowest BCUT2D eigenvalue weighted by atomic mass is 10.1. The van der Waals surface area contributed by atoms with Crippen molar-refractivity contribution in [2.24, 2.45) is 0 Å². The molecular weight excluding hydrogens is 421 g/mol. The molecule has 3 rings (SSSR count). The first-order chi connectivity index (χ1) is 14.9. The Morgan fingerprint density at radius 2 is 1.90 bits per heavy atom. The summed E-state index contributed by atoms with van der Waals surface area (Å²) in [7, 11) is 0. The maximum Gasteiger partial charge on any atom is 0.265 e. The van der Waals surface area contributed by atoms with Crippen LogP contribution in [0.3, 0.4) is 0 Å². The Morgan fingerprint density at radius 1 is 1.19 bits per heavy atom. The quantitative estimate of drug-likeness (QED) is 0.300. The van der Waals surface area contributed by atoms with E-state index in [1.165, 1.54) is 41.3 Å². The normalized spacial score (nSPS) is 14.9. The molecule has 158 valence electrons. The molecule has 31 heavy (non-hydrogen) atoms. The van der Waals surface area contributed by atoms with Crippen LogP contribution in [0.4, 0.5) is 10.1 Å². The molecule has 0 aliphatic carbocycles. The molecule has 1 aliphatic heterocycles. The predicted molar refractivity (Wildman–Crippen MR) is 118 cm³/mol. The third-order valence-corrected chi connectivity index (χ3v) is 4.53. The smallest absolute Gasteiger partial charge is 0.265 e. The van der Waals surface area contributed by atoms with Crippen LogP contribution in [0.2, 0.25) is 0 Å². The van der Waals surface area contributed by atoms with Crippen molar-refractivity contribution < 1.29 is 23.5 Å². The molecule has 1 fully saturated rings. The van der Waals surface area contributed by atoms with Crippen molar-refractivity contribution in [2.45, 2.75) is 0 Å². The van der Waals surface area contributed by atoms with Crippen LogP contribution in [0.1, 0.15) is 5.56 Å². The number of nitrogens with one attached hydrogen (secondary N) is 2. The molecule has 9 heteroatoms. The molecule has 2 aromatic carbocycles. The Hall–Kier alpha value is -3.85. The number of amides is 3. The molecule has 0 saturated carbocycles. The summed E-state index contributed by atoms with van der Waals surface area (Å²) in [5.41, 5.74) is 0.734. The van der Waals surface area contributed by atoms with Crippen LogP contribution in [0, 0.1) is 5.82 Å². The number of para-hydroxylation sites is 1. The van der Waals surface area contributed by atoms with Crippen LogP contribution < -0.4 is 15.4 Å². The number of halogens is 1. The SMILES string of the molecule is C=CCN1C(=O)/C(=C/c2ccccc2OCC(=O)Nc2ccc(F)cc2)C(=O)NC1=S. The van der Waals surface area contributed by atoms with Gasteiger partial charge in [0.05, 0.1) is 0 Å². The van der Waals surface area contributed by atoms with Gasteiger partial charge in [0.2, 0.25) is 0 Å². The summed E-state index contributed by atoms with van der Waals surface area (Å²) in [5, 5.41) is 5.06. The zero-order chi connectivity index (χ0) is 22.4. The number of thiocarbonyl (C=S) groups is 1. The Kier molecular flexibility index (Phi) is 6.88. The number of ether oxygens (including phenoxy) is 1. The van der Waals surface area contributed by atoms with Gasteiger partial charge in [-0.25, -0.2) is 4.39 Å². The Bertz CT molecular complexity index is 1080. The highest BCUT2D eigenvalue weighted by Gasteiger charge is 2.32. The number of carbonyl (C=O) groups is 3. The van der Waals surface area contributed by atoms with E-state index in [1.807, 2.05) is 0 Å². The van der Waals surface area contributed by atoms with Crippen LogP contribution in [0.15, 0.2) is 66.8 Å². The van der Waals surface area contributed by atoms with Gasteiger partial charge in [-0.15, -0.1) is 6.58 Å². The van der Waals surface area contributed by atoms with E-state index in [-0.39, 0.29) is 23.8 Å². The number of carbonyl (C=O) groups excluding carboxylic acids is 3. The molecule has 3 amide bonds. The van der Waals surface area contributed by atoms with Gasteiger partial charge in [-0.05, 0) is 48.6 Å². The van der Waals surface area contributed by atoms with E-state index < -0.39 is 23.5 Å². The summed E-state index contributed by atoms with van der Waals surface area (Å²) in [4.78, 5) is 38.3. The van der Waals surface area contributed by atoms with Gasteiger partial charge in [-0.1, -0.05) is 24.3 Å². The first-order valence-electron chi connectivity index (χ1n) is 9.16. The van der Waals surface area contributed by atoms with Gasteiger partial charge < -0.3 is 10.1 Å². The maximum atomic E-state index is 13.0. The number of hydrogen-bond donors (Lipinski definition) is 2. The topological polar surface area (TPSA) is 87.7 Å². The Balaban J connectivity index is 1.75. The third kappa shape index (κ3) is 5.40. The lowest BCUT2D eigenvalue weighted by molar-refractivity contribution is -0.128. The van der Waals surface area contributed by atoms with E-state index >= 15 is 0 Å². The highest BCUT2D eigenvalue weighted by Crippen LogP contribution is 2.23. The number of nitrogens with zero attached hydrogens (tertiary/aromatic N) is 1. The van der Waals surface area contributed by atoms with E-state index in [1.54, 1.807) is 24.3 Å². The first kappa shape index (κ1) is 21.8. The summed E-state index contributed by atoms with van der Waals surface area (Å²) >= 11 is 5.03. The third-order valence-electron chi connectivity index (χ3n) is 4.20. The highest BCUT2D eigenvalue weighted by molar-refractivity contribution is 7.80. The van der Waals surface area contributed by atoms with Crippen LogP contribution >= 0.6 is 12.2 Å². The molecule has 1 aliphatic rings. The number of anilines is 1. The summed E-state index contributed by atoms with van der Waals surface area (Å²) in [6.45, 7) is 3.40. The fraction of sp³-hybridized carbons (Fsp3) is 0.0909. The van der Waals surface area contributed by atoms with E-state index in [0.29, 0.717) is 17.0 Å². The van der Waals surface area contributed by atoms with Crippen LogP contribution in [0.5, 0.6) is 5.75 Å². The second-order valence-corrected chi connectivity index (χ2v) is 6.79. The van der Waals surface area contributed by atoms with Gasteiger partial charge >= 0.3 is 0 Å². The van der Waals surface area contributed by atoms with Crippen molar-refractivity contribution in [3.63, 3.8) is 0 Å². The van der Waals surface area contributed by atoms with Crippen LogP contribution in [-0.2, 0) is 14.4 Å². The molecule has 7 nitrogen and oxygen atoms in total. The highest BCUT2D eigenvalue weighted by atomic mass is 32.1. The minimum absolute atomic E-state index is 0.00838.